The average molecular weight is 460 g/mol. The van der Waals surface area contributed by atoms with E-state index in [0.717, 1.165) is 32.2 Å². The summed E-state index contributed by atoms with van der Waals surface area (Å²) in [5, 5.41) is 14.5. The van der Waals surface area contributed by atoms with Crippen LogP contribution in [0.5, 0.6) is 0 Å². The number of rotatable bonds is 10. The van der Waals surface area contributed by atoms with Crippen molar-refractivity contribution in [2.75, 3.05) is 33.4 Å². The monoisotopic (exact) mass is 459 g/mol. The SMILES string of the molecule is COCCNCC(O)COC(c1ccncc1)c1cc(C)nc2ccc(Br)cc12. The fourth-order valence-corrected chi connectivity index (χ4v) is 3.55. The third kappa shape index (κ3) is 6.04. The van der Waals surface area contributed by atoms with Gasteiger partial charge in [0.25, 0.3) is 0 Å². The first-order valence-corrected chi connectivity index (χ1v) is 10.3. The summed E-state index contributed by atoms with van der Waals surface area (Å²) in [5.41, 5.74) is 3.82. The molecule has 0 bridgehead atoms. The van der Waals surface area contributed by atoms with Gasteiger partial charge in [-0.15, -0.1) is 0 Å². The van der Waals surface area contributed by atoms with E-state index in [2.05, 4.69) is 37.3 Å². The lowest BCUT2D eigenvalue weighted by Gasteiger charge is -2.23. The van der Waals surface area contributed by atoms with Gasteiger partial charge in [0, 0.05) is 48.1 Å². The molecule has 0 fully saturated rings. The molecule has 1 aromatic carbocycles. The lowest BCUT2D eigenvalue weighted by Crippen LogP contribution is -2.32. The highest BCUT2D eigenvalue weighted by Crippen LogP contribution is 2.33. The number of fused-ring (bicyclic) bond motifs is 1. The number of nitrogens with zero attached hydrogens (tertiary/aromatic N) is 2. The Balaban J connectivity index is 1.87. The number of halogens is 1. The van der Waals surface area contributed by atoms with E-state index >= 15 is 0 Å². The Morgan fingerprint density at radius 3 is 2.72 bits per heavy atom. The molecule has 2 unspecified atom stereocenters. The second-order valence-corrected chi connectivity index (χ2v) is 7.77. The van der Waals surface area contributed by atoms with Gasteiger partial charge in [0.1, 0.15) is 6.10 Å². The molecular weight excluding hydrogens is 434 g/mol. The highest BCUT2D eigenvalue weighted by molar-refractivity contribution is 9.10. The van der Waals surface area contributed by atoms with Gasteiger partial charge in [-0.25, -0.2) is 0 Å². The number of aliphatic hydroxyl groups excluding tert-OH is 1. The fraction of sp³-hybridized carbons (Fsp3) is 0.364. The van der Waals surface area contributed by atoms with Gasteiger partial charge in [-0.3, -0.25) is 9.97 Å². The minimum Gasteiger partial charge on any atom is -0.389 e. The van der Waals surface area contributed by atoms with E-state index in [1.54, 1.807) is 19.5 Å². The number of ether oxygens (including phenoxy) is 2. The van der Waals surface area contributed by atoms with E-state index in [0.29, 0.717) is 19.7 Å². The summed E-state index contributed by atoms with van der Waals surface area (Å²) < 4.78 is 12.2. The molecule has 0 spiro atoms. The first-order valence-electron chi connectivity index (χ1n) is 9.54. The zero-order chi connectivity index (χ0) is 20.6. The van der Waals surface area contributed by atoms with Crippen molar-refractivity contribution < 1.29 is 14.6 Å². The van der Waals surface area contributed by atoms with Crippen molar-refractivity contribution in [3.05, 3.63) is 70.1 Å². The molecule has 0 saturated heterocycles. The Morgan fingerprint density at radius 1 is 1.17 bits per heavy atom. The van der Waals surface area contributed by atoms with Crippen LogP contribution in [0, 0.1) is 6.92 Å². The number of aromatic nitrogens is 2. The molecule has 154 valence electrons. The predicted octanol–water partition coefficient (Wildman–Crippen LogP) is 3.40. The number of methoxy groups -OCH3 is 1. The molecular formula is C22H26BrN3O3. The summed E-state index contributed by atoms with van der Waals surface area (Å²) in [4.78, 5) is 8.77. The molecule has 0 amide bonds. The summed E-state index contributed by atoms with van der Waals surface area (Å²) in [5.74, 6) is 0. The van der Waals surface area contributed by atoms with E-state index in [1.807, 2.05) is 37.3 Å². The van der Waals surface area contributed by atoms with Crippen molar-refractivity contribution in [2.24, 2.45) is 0 Å². The van der Waals surface area contributed by atoms with Crippen molar-refractivity contribution in [1.29, 1.82) is 0 Å². The molecule has 0 aliphatic carbocycles. The van der Waals surface area contributed by atoms with Crippen LogP contribution in [0.2, 0.25) is 0 Å². The van der Waals surface area contributed by atoms with Gasteiger partial charge in [-0.2, -0.15) is 0 Å². The van der Waals surface area contributed by atoms with Crippen molar-refractivity contribution in [1.82, 2.24) is 15.3 Å². The third-order valence-electron chi connectivity index (χ3n) is 4.54. The minimum atomic E-state index is -0.628. The van der Waals surface area contributed by atoms with Gasteiger partial charge in [0.15, 0.2) is 0 Å². The molecule has 2 atom stereocenters. The van der Waals surface area contributed by atoms with Crippen LogP contribution in [0.1, 0.15) is 22.9 Å². The van der Waals surface area contributed by atoms with Gasteiger partial charge >= 0.3 is 0 Å². The average Bonchev–Trinajstić information content (AvgIpc) is 2.72. The minimum absolute atomic E-state index is 0.198. The summed E-state index contributed by atoms with van der Waals surface area (Å²) in [6, 6.07) is 12.0. The first-order chi connectivity index (χ1) is 14.1. The van der Waals surface area contributed by atoms with Crippen molar-refractivity contribution in [3.63, 3.8) is 0 Å². The molecule has 0 saturated carbocycles. The van der Waals surface area contributed by atoms with Crippen LogP contribution >= 0.6 is 15.9 Å². The Morgan fingerprint density at radius 2 is 1.97 bits per heavy atom. The van der Waals surface area contributed by atoms with Crippen molar-refractivity contribution >= 4 is 26.8 Å². The van der Waals surface area contributed by atoms with Crippen LogP contribution in [0.3, 0.4) is 0 Å². The predicted molar refractivity (Wildman–Crippen MR) is 117 cm³/mol. The van der Waals surface area contributed by atoms with E-state index in [1.165, 1.54) is 0 Å². The molecule has 3 rings (SSSR count). The van der Waals surface area contributed by atoms with Gasteiger partial charge in [-0.1, -0.05) is 15.9 Å². The largest absolute Gasteiger partial charge is 0.389 e. The maximum Gasteiger partial charge on any atom is 0.108 e. The molecule has 7 heteroatoms. The molecule has 0 aliphatic rings. The maximum atomic E-state index is 10.3. The number of hydrogen-bond acceptors (Lipinski definition) is 6. The second kappa shape index (κ2) is 10.8. The van der Waals surface area contributed by atoms with E-state index in [4.69, 9.17) is 9.47 Å². The van der Waals surface area contributed by atoms with Gasteiger partial charge in [-0.05, 0) is 54.4 Å². The number of benzene rings is 1. The molecule has 3 aromatic rings. The molecule has 2 heterocycles. The quantitative estimate of drug-likeness (QED) is 0.452. The summed E-state index contributed by atoms with van der Waals surface area (Å²) in [6.07, 6.45) is 2.53. The normalized spacial score (nSPS) is 13.5. The first kappa shape index (κ1) is 21.8. The molecule has 0 aliphatic heterocycles. The Hall–Kier alpha value is -1.90. The van der Waals surface area contributed by atoms with Gasteiger partial charge in [0.2, 0.25) is 0 Å². The Bertz CT molecular complexity index is 924. The number of aryl methyl sites for hydroxylation is 1. The van der Waals surface area contributed by atoms with E-state index < -0.39 is 6.10 Å². The third-order valence-corrected chi connectivity index (χ3v) is 5.03. The summed E-state index contributed by atoms with van der Waals surface area (Å²) in [6.45, 7) is 3.90. The number of aliphatic hydroxyl groups is 1. The van der Waals surface area contributed by atoms with E-state index in [-0.39, 0.29) is 12.7 Å². The Kier molecular flexibility index (Phi) is 8.09. The highest BCUT2D eigenvalue weighted by atomic mass is 79.9. The van der Waals surface area contributed by atoms with Gasteiger partial charge < -0.3 is 19.9 Å². The number of pyridine rings is 2. The van der Waals surface area contributed by atoms with Gasteiger partial charge in [0.05, 0.1) is 24.8 Å². The lowest BCUT2D eigenvalue weighted by molar-refractivity contribution is 0.00663. The lowest BCUT2D eigenvalue weighted by atomic mass is 9.97. The van der Waals surface area contributed by atoms with Crippen LogP contribution in [0.25, 0.3) is 10.9 Å². The van der Waals surface area contributed by atoms with Crippen LogP contribution < -0.4 is 5.32 Å². The van der Waals surface area contributed by atoms with Crippen LogP contribution in [0.4, 0.5) is 0 Å². The standard InChI is InChI=1S/C22H26BrN3O3/c1-15-11-20(19-12-17(23)3-4-21(19)26-15)22(16-5-7-24-8-6-16)29-14-18(27)13-25-9-10-28-2/h3-8,11-12,18,22,25,27H,9-10,13-14H2,1-2H3. The molecule has 29 heavy (non-hydrogen) atoms. The molecule has 2 aromatic heterocycles. The fourth-order valence-electron chi connectivity index (χ4n) is 3.19. The Labute approximate surface area is 179 Å². The van der Waals surface area contributed by atoms with E-state index in [9.17, 15) is 5.11 Å². The second-order valence-electron chi connectivity index (χ2n) is 6.86. The van der Waals surface area contributed by atoms with Crippen LogP contribution in [-0.4, -0.2) is 54.6 Å². The maximum absolute atomic E-state index is 10.3. The summed E-state index contributed by atoms with van der Waals surface area (Å²) in [7, 11) is 1.65. The molecule has 0 radical (unpaired) electrons. The van der Waals surface area contributed by atoms with Crippen molar-refractivity contribution in [3.8, 4) is 0 Å². The number of hydrogen-bond donors (Lipinski definition) is 2. The number of nitrogens with one attached hydrogen (secondary N) is 1. The topological polar surface area (TPSA) is 76.5 Å². The van der Waals surface area contributed by atoms with Crippen LogP contribution in [-0.2, 0) is 9.47 Å². The highest BCUT2D eigenvalue weighted by Gasteiger charge is 2.20. The summed E-state index contributed by atoms with van der Waals surface area (Å²) >= 11 is 3.56. The molecule has 6 nitrogen and oxygen atoms in total. The smallest absolute Gasteiger partial charge is 0.108 e. The van der Waals surface area contributed by atoms with Crippen molar-refractivity contribution in [2.45, 2.75) is 19.1 Å². The van der Waals surface area contributed by atoms with Crippen LogP contribution in [0.15, 0.2) is 53.3 Å². The zero-order valence-electron chi connectivity index (χ0n) is 16.6. The molecule has 2 N–H and O–H groups in total. The zero-order valence-corrected chi connectivity index (χ0v) is 18.2.